The van der Waals surface area contributed by atoms with Crippen LogP contribution >= 0.6 is 0 Å². The molecule has 54 heavy (non-hydrogen) atoms. The molecule has 0 spiro atoms. The molecule has 0 bridgehead atoms. The molecule has 5 rings (SSSR count). The molecule has 14 heteroatoms. The summed E-state index contributed by atoms with van der Waals surface area (Å²) in [6.07, 6.45) is 0. The summed E-state index contributed by atoms with van der Waals surface area (Å²) in [7, 11) is 2.22. The van der Waals surface area contributed by atoms with Crippen LogP contribution in [0, 0.1) is 23.7 Å². The third-order valence-electron chi connectivity index (χ3n) is 8.96. The maximum atomic E-state index is 14.1. The predicted octanol–water partition coefficient (Wildman–Crippen LogP) is 4.62. The average Bonchev–Trinajstić information content (AvgIpc) is 3.15. The minimum Gasteiger partial charge on any atom is -0.481 e. The molecule has 0 radical (unpaired) electrons. The fourth-order valence-corrected chi connectivity index (χ4v) is 6.28. The Balaban J connectivity index is 1.37. The van der Waals surface area contributed by atoms with Crippen LogP contribution in [0.1, 0.15) is 11.1 Å². The number of para-hydroxylation sites is 2. The number of amides is 2. The molecule has 0 heterocycles. The number of carboxylic acid groups (broad SMARTS) is 2. The highest BCUT2D eigenvalue weighted by Gasteiger charge is 2.65. The molecule has 280 valence electrons. The first kappa shape index (κ1) is 38.5. The molecule has 0 unspecified atom stereocenters. The number of carboxylic acids is 2. The highest BCUT2D eigenvalue weighted by Crippen LogP contribution is 2.49. The average molecular weight is 739 g/mol. The molecule has 1 aliphatic carbocycles. The van der Waals surface area contributed by atoms with Crippen molar-refractivity contribution in [1.82, 2.24) is 9.80 Å². The third-order valence-corrected chi connectivity index (χ3v) is 8.96. The molecule has 0 aliphatic heterocycles. The zero-order valence-electron chi connectivity index (χ0n) is 29.4. The first-order chi connectivity index (χ1) is 26.0. The van der Waals surface area contributed by atoms with Gasteiger partial charge in [0.05, 0.1) is 37.9 Å². The van der Waals surface area contributed by atoms with Crippen LogP contribution in [0.5, 0.6) is 23.0 Å². The largest absolute Gasteiger partial charge is 0.481 e. The smallest absolute Gasteiger partial charge is 0.325 e. The van der Waals surface area contributed by atoms with E-state index in [2.05, 4.69) is 0 Å². The number of aliphatic carboxylic acids is 2. The Morgan fingerprint density at radius 2 is 0.796 bits per heavy atom. The van der Waals surface area contributed by atoms with E-state index in [4.69, 9.17) is 18.9 Å². The van der Waals surface area contributed by atoms with Crippen molar-refractivity contribution in [3.8, 4) is 23.0 Å². The van der Waals surface area contributed by atoms with E-state index in [1.165, 1.54) is 0 Å². The van der Waals surface area contributed by atoms with E-state index in [-0.39, 0.29) is 13.1 Å². The Kier molecular flexibility index (Phi) is 12.6. The number of nitrogens with zero attached hydrogens (tertiary/aromatic N) is 2. The fourth-order valence-electron chi connectivity index (χ4n) is 6.28. The van der Waals surface area contributed by atoms with Crippen molar-refractivity contribution in [3.05, 3.63) is 120 Å². The molecular formula is C40H38N2O12. The second-order valence-corrected chi connectivity index (χ2v) is 12.4. The van der Waals surface area contributed by atoms with Crippen LogP contribution in [-0.4, -0.2) is 83.0 Å². The van der Waals surface area contributed by atoms with Crippen molar-refractivity contribution in [2.75, 3.05) is 27.3 Å². The van der Waals surface area contributed by atoms with E-state index in [1.54, 1.807) is 72.8 Å². The minimum absolute atomic E-state index is 0.216. The maximum Gasteiger partial charge on any atom is 0.325 e. The van der Waals surface area contributed by atoms with Crippen LogP contribution in [0.25, 0.3) is 0 Å². The van der Waals surface area contributed by atoms with E-state index in [0.717, 1.165) is 24.0 Å². The number of benzene rings is 4. The van der Waals surface area contributed by atoms with Gasteiger partial charge in [0, 0.05) is 13.1 Å². The SMILES string of the molecule is COC(=O)CN(Cc1ccc(Oc2ccccc2)cc1)C(=O)C1C(C(=O)O)C(C(=O)N(CC(=O)OC)Cc2ccc(Oc3ccccc3)cc2)C1C(=O)O. The van der Waals surface area contributed by atoms with Crippen LogP contribution in [0.4, 0.5) is 0 Å². The summed E-state index contributed by atoms with van der Waals surface area (Å²) in [4.78, 5) is 80.5. The van der Waals surface area contributed by atoms with Crippen molar-refractivity contribution < 1.29 is 57.9 Å². The van der Waals surface area contributed by atoms with Crippen LogP contribution < -0.4 is 9.47 Å². The summed E-state index contributed by atoms with van der Waals surface area (Å²) in [6.45, 7) is -1.68. The molecule has 0 aromatic heterocycles. The molecule has 4 aromatic carbocycles. The lowest BCUT2D eigenvalue weighted by Gasteiger charge is -2.48. The van der Waals surface area contributed by atoms with Gasteiger partial charge < -0.3 is 39.0 Å². The molecule has 0 saturated heterocycles. The summed E-state index contributed by atoms with van der Waals surface area (Å²) < 4.78 is 21.1. The first-order valence-corrected chi connectivity index (χ1v) is 16.8. The van der Waals surface area contributed by atoms with Crippen molar-refractivity contribution in [3.63, 3.8) is 0 Å². The Hall–Kier alpha value is -6.70. The van der Waals surface area contributed by atoms with Gasteiger partial charge in [-0.3, -0.25) is 28.8 Å². The van der Waals surface area contributed by atoms with E-state index in [1.807, 2.05) is 36.4 Å². The van der Waals surface area contributed by atoms with Crippen LogP contribution in [-0.2, 0) is 51.3 Å². The van der Waals surface area contributed by atoms with Gasteiger partial charge in [0.15, 0.2) is 0 Å². The predicted molar refractivity (Wildman–Crippen MR) is 190 cm³/mol. The number of hydrogen-bond acceptors (Lipinski definition) is 10. The molecule has 1 aliphatic rings. The van der Waals surface area contributed by atoms with Crippen LogP contribution in [0.2, 0.25) is 0 Å². The quantitative estimate of drug-likeness (QED) is 0.152. The number of rotatable bonds is 16. The number of ether oxygens (including phenoxy) is 4. The minimum atomic E-state index is -1.80. The monoisotopic (exact) mass is 738 g/mol. The molecule has 1 saturated carbocycles. The van der Waals surface area contributed by atoms with Crippen molar-refractivity contribution in [1.29, 1.82) is 0 Å². The zero-order valence-corrected chi connectivity index (χ0v) is 29.4. The number of hydrogen-bond donors (Lipinski definition) is 2. The van der Waals surface area contributed by atoms with Gasteiger partial charge in [-0.15, -0.1) is 0 Å². The van der Waals surface area contributed by atoms with Gasteiger partial charge in [-0.05, 0) is 59.7 Å². The van der Waals surface area contributed by atoms with Gasteiger partial charge in [0.1, 0.15) is 36.1 Å². The summed E-state index contributed by atoms with van der Waals surface area (Å²) in [5.74, 6) is -11.7. The highest BCUT2D eigenvalue weighted by molar-refractivity contribution is 6.00. The lowest BCUT2D eigenvalue weighted by atomic mass is 9.55. The first-order valence-electron chi connectivity index (χ1n) is 16.8. The molecule has 1 fully saturated rings. The zero-order chi connectivity index (χ0) is 38.8. The van der Waals surface area contributed by atoms with Gasteiger partial charge in [-0.1, -0.05) is 60.7 Å². The molecule has 14 nitrogen and oxygen atoms in total. The number of methoxy groups -OCH3 is 2. The topological polar surface area (TPSA) is 186 Å². The van der Waals surface area contributed by atoms with E-state index >= 15 is 0 Å². The Bertz CT molecular complexity index is 1800. The van der Waals surface area contributed by atoms with Crippen LogP contribution in [0.15, 0.2) is 109 Å². The molecule has 2 amide bonds. The van der Waals surface area contributed by atoms with Gasteiger partial charge in [-0.2, -0.15) is 0 Å². The molecule has 0 atom stereocenters. The van der Waals surface area contributed by atoms with Gasteiger partial charge in [-0.25, -0.2) is 0 Å². The molecule has 2 N–H and O–H groups in total. The summed E-state index contributed by atoms with van der Waals surface area (Å²) >= 11 is 0. The van der Waals surface area contributed by atoms with Gasteiger partial charge in [0.25, 0.3) is 0 Å². The Morgan fingerprint density at radius 3 is 1.09 bits per heavy atom. The third kappa shape index (κ3) is 9.39. The number of esters is 2. The highest BCUT2D eigenvalue weighted by atomic mass is 16.5. The van der Waals surface area contributed by atoms with Crippen molar-refractivity contribution in [2.45, 2.75) is 13.1 Å². The van der Waals surface area contributed by atoms with Crippen molar-refractivity contribution in [2.24, 2.45) is 23.7 Å². The maximum absolute atomic E-state index is 14.1. The normalized spacial score (nSPS) is 17.2. The van der Waals surface area contributed by atoms with E-state index in [0.29, 0.717) is 34.1 Å². The lowest BCUT2D eigenvalue weighted by Crippen LogP contribution is -2.64. The van der Waals surface area contributed by atoms with Gasteiger partial charge in [0.2, 0.25) is 11.8 Å². The number of carbonyl (C=O) groups is 6. The van der Waals surface area contributed by atoms with Crippen molar-refractivity contribution >= 4 is 35.7 Å². The standard InChI is InChI=1S/C40H38N2O12/c1-51-31(43)23-41(21-25-13-17-29(18-14-25)53-27-9-5-3-6-10-27)37(45)33-35(39(47)48)34(36(33)40(49)50)38(46)42(24-32(44)52-2)22-26-15-19-30(20-16-26)54-28-11-7-4-8-12-28/h3-20,33-36H,21-24H2,1-2H3,(H,47,48)(H,49,50). The fraction of sp³-hybridized carbons (Fsp3) is 0.250. The Labute approximate surface area is 310 Å². The summed E-state index contributed by atoms with van der Waals surface area (Å²) in [5.41, 5.74) is 1.03. The summed E-state index contributed by atoms with van der Waals surface area (Å²) in [5, 5.41) is 20.7. The summed E-state index contributed by atoms with van der Waals surface area (Å²) in [6, 6.07) is 31.1. The second kappa shape index (κ2) is 17.7. The lowest BCUT2D eigenvalue weighted by molar-refractivity contribution is -0.188. The van der Waals surface area contributed by atoms with Gasteiger partial charge >= 0.3 is 23.9 Å². The van der Waals surface area contributed by atoms with E-state index < -0.39 is 72.5 Å². The Morgan fingerprint density at radius 1 is 0.481 bits per heavy atom. The molecular weight excluding hydrogens is 700 g/mol. The van der Waals surface area contributed by atoms with E-state index in [9.17, 15) is 39.0 Å². The molecule has 4 aromatic rings. The second-order valence-electron chi connectivity index (χ2n) is 12.4. The van der Waals surface area contributed by atoms with Crippen LogP contribution in [0.3, 0.4) is 0 Å². The number of carbonyl (C=O) groups excluding carboxylic acids is 4.